The lowest BCUT2D eigenvalue weighted by molar-refractivity contribution is -0.141. The molecule has 0 saturated carbocycles. The van der Waals surface area contributed by atoms with E-state index in [4.69, 9.17) is 0 Å². The van der Waals surface area contributed by atoms with E-state index in [0.717, 1.165) is 32.1 Å². The predicted molar refractivity (Wildman–Crippen MR) is 61.3 cm³/mol. The van der Waals surface area contributed by atoms with Gasteiger partial charge in [0.1, 0.15) is 0 Å². The highest BCUT2D eigenvalue weighted by molar-refractivity contribution is 5.38. The van der Waals surface area contributed by atoms with E-state index in [1.165, 1.54) is 6.07 Å². The standard InChI is InChI=1S/C11H15F3N4/c1-15-6-8-4-5-18(7-8)10-3-2-9(16-17-10)11(12,13)14/h2-3,8,15H,4-7H2,1H3. The molecule has 1 unspecified atom stereocenters. The lowest BCUT2D eigenvalue weighted by Crippen LogP contribution is -2.25. The van der Waals surface area contributed by atoms with Crippen molar-refractivity contribution in [3.8, 4) is 0 Å². The van der Waals surface area contributed by atoms with Gasteiger partial charge in [0.15, 0.2) is 11.5 Å². The van der Waals surface area contributed by atoms with Crippen molar-refractivity contribution in [2.24, 2.45) is 5.92 Å². The van der Waals surface area contributed by atoms with Crippen LogP contribution in [-0.4, -0.2) is 36.9 Å². The van der Waals surface area contributed by atoms with Gasteiger partial charge in [-0.3, -0.25) is 0 Å². The number of alkyl halides is 3. The van der Waals surface area contributed by atoms with Gasteiger partial charge in [-0.25, -0.2) is 0 Å². The van der Waals surface area contributed by atoms with Crippen LogP contribution in [0.5, 0.6) is 0 Å². The second-order valence-corrected chi connectivity index (χ2v) is 4.43. The molecule has 4 nitrogen and oxygen atoms in total. The Morgan fingerprint density at radius 1 is 1.39 bits per heavy atom. The second kappa shape index (κ2) is 5.09. The van der Waals surface area contributed by atoms with Crippen molar-refractivity contribution in [3.63, 3.8) is 0 Å². The average molecular weight is 260 g/mol. The Balaban J connectivity index is 2.03. The minimum atomic E-state index is -4.43. The molecule has 2 heterocycles. The van der Waals surface area contributed by atoms with E-state index >= 15 is 0 Å². The largest absolute Gasteiger partial charge is 0.435 e. The lowest BCUT2D eigenvalue weighted by Gasteiger charge is -2.17. The minimum absolute atomic E-state index is 0.513. The van der Waals surface area contributed by atoms with Crippen LogP contribution < -0.4 is 10.2 Å². The van der Waals surface area contributed by atoms with Crippen molar-refractivity contribution < 1.29 is 13.2 Å². The number of nitrogens with one attached hydrogen (secondary N) is 1. The molecule has 1 fully saturated rings. The van der Waals surface area contributed by atoms with Gasteiger partial charge in [-0.1, -0.05) is 0 Å². The SMILES string of the molecule is CNCC1CCN(c2ccc(C(F)(F)F)nn2)C1. The molecule has 100 valence electrons. The molecule has 0 radical (unpaired) electrons. The summed E-state index contributed by atoms with van der Waals surface area (Å²) in [4.78, 5) is 1.97. The van der Waals surface area contributed by atoms with Crippen LogP contribution in [0.2, 0.25) is 0 Å². The van der Waals surface area contributed by atoms with Crippen LogP contribution in [0.3, 0.4) is 0 Å². The number of halogens is 3. The summed E-state index contributed by atoms with van der Waals surface area (Å²) in [5.74, 6) is 1.03. The highest BCUT2D eigenvalue weighted by atomic mass is 19.4. The molecule has 1 aliphatic heterocycles. The maximum Gasteiger partial charge on any atom is 0.435 e. The first kappa shape index (κ1) is 13.1. The zero-order valence-electron chi connectivity index (χ0n) is 10.0. The van der Waals surface area contributed by atoms with Crippen LogP contribution in [0.1, 0.15) is 12.1 Å². The lowest BCUT2D eigenvalue weighted by atomic mass is 10.1. The van der Waals surface area contributed by atoms with Crippen LogP contribution in [0.25, 0.3) is 0 Å². The van der Waals surface area contributed by atoms with Crippen molar-refractivity contribution in [1.82, 2.24) is 15.5 Å². The molecule has 0 aliphatic carbocycles. The Morgan fingerprint density at radius 3 is 2.72 bits per heavy atom. The number of anilines is 1. The molecule has 2 rings (SSSR count). The summed E-state index contributed by atoms with van der Waals surface area (Å²) in [6, 6.07) is 2.37. The average Bonchev–Trinajstić information content (AvgIpc) is 2.77. The summed E-state index contributed by atoms with van der Waals surface area (Å²) in [6.07, 6.45) is -3.41. The summed E-state index contributed by atoms with van der Waals surface area (Å²) >= 11 is 0. The van der Waals surface area contributed by atoms with Crippen LogP contribution in [0, 0.1) is 5.92 Å². The van der Waals surface area contributed by atoms with E-state index in [2.05, 4.69) is 15.5 Å². The van der Waals surface area contributed by atoms with Gasteiger partial charge in [0.2, 0.25) is 0 Å². The molecule has 1 saturated heterocycles. The summed E-state index contributed by atoms with van der Waals surface area (Å²) in [5, 5.41) is 9.99. The number of hydrogen-bond donors (Lipinski definition) is 1. The number of nitrogens with zero attached hydrogens (tertiary/aromatic N) is 3. The highest BCUT2D eigenvalue weighted by Crippen LogP contribution is 2.28. The molecule has 0 amide bonds. The van der Waals surface area contributed by atoms with Gasteiger partial charge in [-0.2, -0.15) is 13.2 Å². The van der Waals surface area contributed by atoms with Crippen LogP contribution >= 0.6 is 0 Å². The second-order valence-electron chi connectivity index (χ2n) is 4.43. The molecule has 18 heavy (non-hydrogen) atoms. The quantitative estimate of drug-likeness (QED) is 0.895. The minimum Gasteiger partial charge on any atom is -0.355 e. The molecule has 0 bridgehead atoms. The zero-order valence-corrected chi connectivity index (χ0v) is 10.0. The van der Waals surface area contributed by atoms with Gasteiger partial charge in [0.05, 0.1) is 0 Å². The van der Waals surface area contributed by atoms with Gasteiger partial charge >= 0.3 is 6.18 Å². The normalized spacial score (nSPS) is 20.4. The summed E-state index contributed by atoms with van der Waals surface area (Å²) in [5.41, 5.74) is -0.947. The Kier molecular flexibility index (Phi) is 3.70. The molecule has 7 heteroatoms. The van der Waals surface area contributed by atoms with Crippen molar-refractivity contribution in [2.75, 3.05) is 31.6 Å². The predicted octanol–water partition coefficient (Wildman–Crippen LogP) is 1.54. The third-order valence-corrected chi connectivity index (χ3v) is 3.04. The maximum absolute atomic E-state index is 12.3. The Morgan fingerprint density at radius 2 is 2.17 bits per heavy atom. The number of hydrogen-bond acceptors (Lipinski definition) is 4. The molecule has 1 aliphatic rings. The molecule has 0 aromatic carbocycles. The molecule has 0 spiro atoms. The monoisotopic (exact) mass is 260 g/mol. The van der Waals surface area contributed by atoms with E-state index in [9.17, 15) is 13.2 Å². The first-order chi connectivity index (χ1) is 8.50. The fraction of sp³-hybridized carbons (Fsp3) is 0.636. The third-order valence-electron chi connectivity index (χ3n) is 3.04. The van der Waals surface area contributed by atoms with Gasteiger partial charge in [-0.15, -0.1) is 10.2 Å². The van der Waals surface area contributed by atoms with E-state index < -0.39 is 11.9 Å². The molecular weight excluding hydrogens is 245 g/mol. The molecule has 1 N–H and O–H groups in total. The van der Waals surface area contributed by atoms with E-state index in [0.29, 0.717) is 11.7 Å². The Labute approximate surface area is 103 Å². The molecular formula is C11H15F3N4. The van der Waals surface area contributed by atoms with Gasteiger partial charge < -0.3 is 10.2 Å². The fourth-order valence-electron chi connectivity index (χ4n) is 2.14. The first-order valence-electron chi connectivity index (χ1n) is 5.81. The van der Waals surface area contributed by atoms with Gasteiger partial charge in [0.25, 0.3) is 0 Å². The summed E-state index contributed by atoms with van der Waals surface area (Å²) < 4.78 is 37.0. The summed E-state index contributed by atoms with van der Waals surface area (Å²) in [6.45, 7) is 2.53. The van der Waals surface area contributed by atoms with Crippen molar-refractivity contribution in [3.05, 3.63) is 17.8 Å². The van der Waals surface area contributed by atoms with Crippen molar-refractivity contribution in [1.29, 1.82) is 0 Å². The topological polar surface area (TPSA) is 41.0 Å². The van der Waals surface area contributed by atoms with Crippen LogP contribution in [0.4, 0.5) is 19.0 Å². The molecule has 1 aromatic rings. The van der Waals surface area contributed by atoms with Gasteiger partial charge in [0, 0.05) is 13.1 Å². The number of rotatable bonds is 3. The third kappa shape index (κ3) is 2.90. The maximum atomic E-state index is 12.3. The molecule has 1 aromatic heterocycles. The Bertz CT molecular complexity index is 390. The number of aromatic nitrogens is 2. The van der Waals surface area contributed by atoms with E-state index in [-0.39, 0.29) is 0 Å². The van der Waals surface area contributed by atoms with Crippen molar-refractivity contribution >= 4 is 5.82 Å². The van der Waals surface area contributed by atoms with E-state index in [1.54, 1.807) is 0 Å². The zero-order chi connectivity index (χ0) is 13.2. The first-order valence-corrected chi connectivity index (χ1v) is 5.81. The van der Waals surface area contributed by atoms with Crippen molar-refractivity contribution in [2.45, 2.75) is 12.6 Å². The smallest absolute Gasteiger partial charge is 0.355 e. The summed E-state index contributed by atoms with van der Waals surface area (Å²) in [7, 11) is 1.89. The molecule has 1 atom stereocenters. The van der Waals surface area contributed by atoms with Crippen LogP contribution in [-0.2, 0) is 6.18 Å². The van der Waals surface area contributed by atoms with E-state index in [1.807, 2.05) is 11.9 Å². The Hall–Kier alpha value is -1.37. The fourth-order valence-corrected chi connectivity index (χ4v) is 2.14. The highest BCUT2D eigenvalue weighted by Gasteiger charge is 2.33. The van der Waals surface area contributed by atoms with Gasteiger partial charge in [-0.05, 0) is 38.1 Å². The van der Waals surface area contributed by atoms with Crippen LogP contribution in [0.15, 0.2) is 12.1 Å².